The van der Waals surface area contributed by atoms with E-state index in [0.29, 0.717) is 0 Å². The minimum Gasteiger partial charge on any atom is -0.547 e. The summed E-state index contributed by atoms with van der Waals surface area (Å²) in [5.41, 5.74) is 0. The van der Waals surface area contributed by atoms with Crippen molar-refractivity contribution in [1.29, 1.82) is 0 Å². The van der Waals surface area contributed by atoms with Crippen LogP contribution in [0.25, 0.3) is 0 Å². The molecule has 0 radical (unpaired) electrons. The van der Waals surface area contributed by atoms with E-state index in [9.17, 15) is 9.90 Å². The van der Waals surface area contributed by atoms with Gasteiger partial charge in [-0.1, -0.05) is 13.3 Å². The molecule has 0 aromatic carbocycles. The van der Waals surface area contributed by atoms with Gasteiger partial charge in [0.2, 0.25) is 0 Å². The fraction of sp³-hybridized carbons (Fsp3) is 0.833. The molecule has 0 aliphatic carbocycles. The minimum absolute atomic E-state index is 0. The number of ether oxygens (including phenoxy) is 1. The minimum atomic E-state index is -1.08. The number of carboxylic acids is 1. The third-order valence-corrected chi connectivity index (χ3v) is 1.39. The van der Waals surface area contributed by atoms with Gasteiger partial charge in [0.1, 0.15) is 6.10 Å². The monoisotopic (exact) mass is 152 g/mol. The number of rotatable bonds is 3. The molecule has 2 atom stereocenters. The normalized spacial score (nSPS) is 28.9. The van der Waals surface area contributed by atoms with Crippen molar-refractivity contribution in [2.45, 2.75) is 32.0 Å². The van der Waals surface area contributed by atoms with E-state index in [-0.39, 0.29) is 35.7 Å². The molecule has 0 unspecified atom stereocenters. The molecule has 1 saturated heterocycles. The molecule has 0 spiro atoms. The Labute approximate surface area is 82.0 Å². The van der Waals surface area contributed by atoms with Gasteiger partial charge in [0.15, 0.2) is 0 Å². The Kier molecular flexibility index (Phi) is 4.52. The summed E-state index contributed by atoms with van der Waals surface area (Å²) in [4.78, 5) is 10.0. The molecule has 0 bridgehead atoms. The van der Waals surface area contributed by atoms with Gasteiger partial charge < -0.3 is 14.6 Å². The molecule has 1 heterocycles. The Bertz CT molecular complexity index is 126. The average Bonchev–Trinajstić information content (AvgIpc) is 2.47. The van der Waals surface area contributed by atoms with E-state index in [1.165, 1.54) is 0 Å². The number of carboxylic acid groups (broad SMARTS) is 1. The van der Waals surface area contributed by atoms with Crippen molar-refractivity contribution in [3.8, 4) is 0 Å². The quantitative estimate of drug-likeness (QED) is 0.309. The molecular weight excluding hydrogens is 143 g/mol. The van der Waals surface area contributed by atoms with Gasteiger partial charge in [-0.05, 0) is 6.42 Å². The van der Waals surface area contributed by atoms with Crippen LogP contribution in [0.2, 0.25) is 0 Å². The molecule has 0 N–H and O–H groups in total. The van der Waals surface area contributed by atoms with Gasteiger partial charge in [-0.2, -0.15) is 0 Å². The van der Waals surface area contributed by atoms with Crippen LogP contribution in [0.4, 0.5) is 0 Å². The standard InChI is InChI=1S/C6H10O3.Na/c1-2-3-4-5(9-4)6(7)8;/h4-5H,2-3H2,1H3,(H,7,8);/q;+1/p-1/t4-,5-;/m1./s1. The topological polar surface area (TPSA) is 52.7 Å². The maximum atomic E-state index is 10.0. The number of hydrogen-bond acceptors (Lipinski definition) is 3. The molecule has 0 saturated carbocycles. The predicted octanol–water partition coefficient (Wildman–Crippen LogP) is -3.69. The molecule has 52 valence electrons. The largest absolute Gasteiger partial charge is 1.00 e. The first kappa shape index (κ1) is 10.4. The Balaban J connectivity index is 0.000000810. The van der Waals surface area contributed by atoms with Crippen LogP contribution in [-0.2, 0) is 9.53 Å². The first-order valence-electron chi connectivity index (χ1n) is 3.12. The van der Waals surface area contributed by atoms with Crippen molar-refractivity contribution in [3.63, 3.8) is 0 Å². The number of hydrogen-bond donors (Lipinski definition) is 0. The van der Waals surface area contributed by atoms with E-state index >= 15 is 0 Å². The number of aliphatic carboxylic acids is 1. The third-order valence-electron chi connectivity index (χ3n) is 1.39. The van der Waals surface area contributed by atoms with Crippen LogP contribution in [0.3, 0.4) is 0 Å². The van der Waals surface area contributed by atoms with E-state index in [1.54, 1.807) is 0 Å². The van der Waals surface area contributed by atoms with E-state index < -0.39 is 12.1 Å². The summed E-state index contributed by atoms with van der Waals surface area (Å²) in [5.74, 6) is -1.08. The molecule has 1 rings (SSSR count). The molecular formula is C6H9NaO3. The van der Waals surface area contributed by atoms with Gasteiger partial charge in [0, 0.05) is 0 Å². The van der Waals surface area contributed by atoms with Crippen LogP contribution in [0.1, 0.15) is 19.8 Å². The molecule has 1 aliphatic heterocycles. The zero-order valence-corrected chi connectivity index (χ0v) is 8.29. The van der Waals surface area contributed by atoms with Gasteiger partial charge in [0.05, 0.1) is 12.1 Å². The van der Waals surface area contributed by atoms with Crippen LogP contribution < -0.4 is 34.7 Å². The van der Waals surface area contributed by atoms with Crippen LogP contribution in [0.15, 0.2) is 0 Å². The maximum Gasteiger partial charge on any atom is 1.00 e. The summed E-state index contributed by atoms with van der Waals surface area (Å²) >= 11 is 0. The Morgan fingerprint density at radius 1 is 1.70 bits per heavy atom. The number of carbonyl (C=O) groups excluding carboxylic acids is 1. The molecule has 3 nitrogen and oxygen atoms in total. The summed E-state index contributed by atoms with van der Waals surface area (Å²) in [6.45, 7) is 1.99. The molecule has 0 aromatic rings. The fourth-order valence-electron chi connectivity index (χ4n) is 0.854. The van der Waals surface area contributed by atoms with Crippen molar-refractivity contribution in [1.82, 2.24) is 0 Å². The van der Waals surface area contributed by atoms with Crippen LogP contribution in [-0.4, -0.2) is 18.2 Å². The Morgan fingerprint density at radius 3 is 2.60 bits per heavy atom. The van der Waals surface area contributed by atoms with Crippen molar-refractivity contribution in [3.05, 3.63) is 0 Å². The summed E-state index contributed by atoms with van der Waals surface area (Å²) < 4.78 is 4.76. The Hall–Kier alpha value is 0.430. The molecule has 10 heavy (non-hydrogen) atoms. The molecule has 4 heteroatoms. The fourth-order valence-corrected chi connectivity index (χ4v) is 0.854. The van der Waals surface area contributed by atoms with Gasteiger partial charge >= 0.3 is 29.6 Å². The van der Waals surface area contributed by atoms with Crippen molar-refractivity contribution < 1.29 is 44.2 Å². The first-order chi connectivity index (χ1) is 4.25. The number of carbonyl (C=O) groups is 1. The maximum absolute atomic E-state index is 10.0. The SMILES string of the molecule is CCC[C@H]1O[C@H]1C(=O)[O-].[Na+]. The van der Waals surface area contributed by atoms with Crippen molar-refractivity contribution >= 4 is 5.97 Å². The zero-order valence-electron chi connectivity index (χ0n) is 6.29. The number of epoxide rings is 1. The van der Waals surface area contributed by atoms with Crippen LogP contribution in [0, 0.1) is 0 Å². The average molecular weight is 152 g/mol. The van der Waals surface area contributed by atoms with E-state index in [0.717, 1.165) is 12.8 Å². The molecule has 1 aliphatic rings. The molecule has 1 fully saturated rings. The van der Waals surface area contributed by atoms with Crippen LogP contribution in [0.5, 0.6) is 0 Å². The van der Waals surface area contributed by atoms with Gasteiger partial charge in [-0.15, -0.1) is 0 Å². The molecule has 0 amide bonds. The zero-order chi connectivity index (χ0) is 6.85. The Morgan fingerprint density at radius 2 is 2.30 bits per heavy atom. The summed E-state index contributed by atoms with van der Waals surface area (Å²) in [5, 5.41) is 10.0. The van der Waals surface area contributed by atoms with E-state index in [1.807, 2.05) is 6.92 Å². The summed E-state index contributed by atoms with van der Waals surface area (Å²) in [7, 11) is 0. The second kappa shape index (κ2) is 4.34. The summed E-state index contributed by atoms with van der Waals surface area (Å²) in [6, 6.07) is 0. The van der Waals surface area contributed by atoms with E-state index in [2.05, 4.69) is 0 Å². The smallest absolute Gasteiger partial charge is 0.547 e. The van der Waals surface area contributed by atoms with Gasteiger partial charge in [0.25, 0.3) is 0 Å². The van der Waals surface area contributed by atoms with Crippen molar-refractivity contribution in [2.24, 2.45) is 0 Å². The predicted molar refractivity (Wildman–Crippen MR) is 28.6 cm³/mol. The first-order valence-corrected chi connectivity index (χ1v) is 3.12. The van der Waals surface area contributed by atoms with Crippen molar-refractivity contribution in [2.75, 3.05) is 0 Å². The summed E-state index contributed by atoms with van der Waals surface area (Å²) in [6.07, 6.45) is 1.14. The second-order valence-corrected chi connectivity index (χ2v) is 2.20. The van der Waals surface area contributed by atoms with Gasteiger partial charge in [-0.3, -0.25) is 0 Å². The molecule has 0 aromatic heterocycles. The third kappa shape index (κ3) is 2.58. The van der Waals surface area contributed by atoms with E-state index in [4.69, 9.17) is 4.74 Å². The second-order valence-electron chi connectivity index (χ2n) is 2.20. The van der Waals surface area contributed by atoms with Gasteiger partial charge in [-0.25, -0.2) is 0 Å². The van der Waals surface area contributed by atoms with Crippen LogP contribution >= 0.6 is 0 Å².